The minimum Gasteiger partial charge on any atom is -0.459 e. The third-order valence-electron chi connectivity index (χ3n) is 2.92. The summed E-state index contributed by atoms with van der Waals surface area (Å²) in [7, 11) is 0. The van der Waals surface area contributed by atoms with Gasteiger partial charge in [-0.2, -0.15) is 26.3 Å². The number of rotatable bonds is 3. The molecule has 0 saturated heterocycles. The zero-order valence-corrected chi connectivity index (χ0v) is 12.5. The third-order valence-corrected chi connectivity index (χ3v) is 2.92. The minimum atomic E-state index is -5.00. The Morgan fingerprint density at radius 1 is 1.04 bits per heavy atom. The van der Waals surface area contributed by atoms with E-state index >= 15 is 0 Å². The molecule has 4 nitrogen and oxygen atoms in total. The Labute approximate surface area is 132 Å². The van der Waals surface area contributed by atoms with E-state index in [1.807, 2.05) is 5.32 Å². The quantitative estimate of drug-likeness (QED) is 0.512. The van der Waals surface area contributed by atoms with Gasteiger partial charge in [0.2, 0.25) is 0 Å². The zero-order chi connectivity index (χ0) is 18.7. The monoisotopic (exact) mass is 357 g/mol. The van der Waals surface area contributed by atoms with Crippen LogP contribution in [0.1, 0.15) is 36.6 Å². The summed E-state index contributed by atoms with van der Waals surface area (Å²) in [4.78, 5) is 22.6. The highest BCUT2D eigenvalue weighted by atomic mass is 19.4. The summed E-state index contributed by atoms with van der Waals surface area (Å²) in [5, 5.41) is 1.99. The van der Waals surface area contributed by atoms with Gasteiger partial charge in [-0.25, -0.2) is 4.79 Å². The van der Waals surface area contributed by atoms with Crippen LogP contribution in [0, 0.1) is 0 Å². The van der Waals surface area contributed by atoms with Crippen LogP contribution in [0.5, 0.6) is 0 Å². The molecule has 1 atom stereocenters. The molecule has 1 N–H and O–H groups in total. The lowest BCUT2D eigenvalue weighted by molar-refractivity contribution is -0.154. The minimum absolute atomic E-state index is 0.0244. The second-order valence-electron chi connectivity index (χ2n) is 4.75. The molecule has 1 amide bonds. The summed E-state index contributed by atoms with van der Waals surface area (Å²) in [6.45, 7) is 2.46. The van der Waals surface area contributed by atoms with E-state index in [1.54, 1.807) is 0 Å². The first-order chi connectivity index (χ1) is 10.9. The van der Waals surface area contributed by atoms with Gasteiger partial charge in [0.1, 0.15) is 0 Å². The van der Waals surface area contributed by atoms with Crippen molar-refractivity contribution < 1.29 is 40.7 Å². The van der Waals surface area contributed by atoms with Crippen molar-refractivity contribution in [3.8, 4) is 0 Å². The Bertz CT molecular complexity index is 592. The fraction of sp³-hybridized carbons (Fsp3) is 0.429. The molecular weight excluding hydrogens is 344 g/mol. The molecule has 0 aromatic heterocycles. The van der Waals surface area contributed by atoms with Gasteiger partial charge < -0.3 is 10.1 Å². The van der Waals surface area contributed by atoms with Crippen LogP contribution in [0.2, 0.25) is 0 Å². The van der Waals surface area contributed by atoms with E-state index in [2.05, 4.69) is 4.74 Å². The third kappa shape index (κ3) is 5.14. The predicted octanol–water partition coefficient (Wildman–Crippen LogP) is 3.46. The van der Waals surface area contributed by atoms with Gasteiger partial charge in [-0.15, -0.1) is 0 Å². The number of nitrogens with one attached hydrogen (secondary N) is 1. The molecule has 0 aliphatic carbocycles. The molecule has 0 heterocycles. The average Bonchev–Trinajstić information content (AvgIpc) is 2.45. The maximum absolute atomic E-state index is 12.8. The molecule has 0 fully saturated rings. The van der Waals surface area contributed by atoms with Gasteiger partial charge in [-0.05, 0) is 37.6 Å². The van der Waals surface area contributed by atoms with Crippen molar-refractivity contribution in [2.24, 2.45) is 0 Å². The number of carbonyl (C=O) groups is 2. The lowest BCUT2D eigenvalue weighted by Crippen LogP contribution is -2.34. The van der Waals surface area contributed by atoms with Crippen LogP contribution in [0.3, 0.4) is 0 Å². The van der Waals surface area contributed by atoms with Gasteiger partial charge in [-0.1, -0.05) is 0 Å². The van der Waals surface area contributed by atoms with Crippen LogP contribution in [0.4, 0.5) is 26.3 Å². The molecule has 1 aromatic rings. The van der Waals surface area contributed by atoms with Crippen molar-refractivity contribution >= 4 is 11.9 Å². The van der Waals surface area contributed by atoms with Crippen molar-refractivity contribution in [3.63, 3.8) is 0 Å². The van der Waals surface area contributed by atoms with E-state index < -0.39 is 47.0 Å². The summed E-state index contributed by atoms with van der Waals surface area (Å²) >= 11 is 0. The number of amides is 1. The number of carbonyl (C=O) groups excluding carboxylic acids is 2. The Morgan fingerprint density at radius 3 is 1.88 bits per heavy atom. The van der Waals surface area contributed by atoms with E-state index in [0.717, 1.165) is 6.92 Å². The summed E-state index contributed by atoms with van der Waals surface area (Å²) in [6.07, 6.45) is -10.00. The van der Waals surface area contributed by atoms with Crippen LogP contribution in [0.15, 0.2) is 18.2 Å². The van der Waals surface area contributed by atoms with Gasteiger partial charge in [0, 0.05) is 0 Å². The van der Waals surface area contributed by atoms with E-state index in [1.165, 1.54) is 6.92 Å². The highest BCUT2D eigenvalue weighted by Gasteiger charge is 2.37. The van der Waals surface area contributed by atoms with Gasteiger partial charge >= 0.3 is 24.2 Å². The summed E-state index contributed by atoms with van der Waals surface area (Å²) in [6, 6.07) is -0.342. The lowest BCUT2D eigenvalue weighted by Gasteiger charge is -2.18. The van der Waals surface area contributed by atoms with E-state index in [9.17, 15) is 35.9 Å². The van der Waals surface area contributed by atoms with Crippen LogP contribution >= 0.6 is 0 Å². The van der Waals surface area contributed by atoms with E-state index in [4.69, 9.17) is 0 Å². The topological polar surface area (TPSA) is 55.4 Å². The molecule has 1 aromatic carbocycles. The van der Waals surface area contributed by atoms with Gasteiger partial charge in [0.05, 0.1) is 23.8 Å². The first-order valence-electron chi connectivity index (χ1n) is 6.63. The summed E-state index contributed by atoms with van der Waals surface area (Å²) in [5.74, 6) is -2.55. The first kappa shape index (κ1) is 19.8. The molecule has 0 saturated carbocycles. The molecule has 0 aliphatic rings. The standard InChI is InChI=1S/C14H13F6NO3/c1-3-24-12(23)11(22)21-7(2)8-4-9(13(15,16)17)6-10(5-8)14(18,19)20/h4-7H,3H2,1-2H3,(H,21,22). The molecule has 0 spiro atoms. The number of halogens is 6. The molecule has 1 rings (SSSR count). The van der Waals surface area contributed by atoms with Crippen LogP contribution in [0.25, 0.3) is 0 Å². The maximum Gasteiger partial charge on any atom is 0.416 e. The Kier molecular flexibility index (Phi) is 5.85. The largest absolute Gasteiger partial charge is 0.459 e. The predicted molar refractivity (Wildman–Crippen MR) is 69.6 cm³/mol. The average molecular weight is 357 g/mol. The highest BCUT2D eigenvalue weighted by Crippen LogP contribution is 2.37. The molecule has 0 aliphatic heterocycles. The first-order valence-corrected chi connectivity index (χ1v) is 6.63. The Morgan fingerprint density at radius 2 is 1.50 bits per heavy atom. The summed E-state index contributed by atoms with van der Waals surface area (Å²) < 4.78 is 81.0. The molecule has 134 valence electrons. The SMILES string of the molecule is CCOC(=O)C(=O)NC(C)c1cc(C(F)(F)F)cc(C(F)(F)F)c1. The van der Waals surface area contributed by atoms with Crippen molar-refractivity contribution in [2.75, 3.05) is 6.61 Å². The van der Waals surface area contributed by atoms with Crippen molar-refractivity contribution in [1.82, 2.24) is 5.32 Å². The molecule has 24 heavy (non-hydrogen) atoms. The number of hydrogen-bond donors (Lipinski definition) is 1. The number of ether oxygens (including phenoxy) is 1. The van der Waals surface area contributed by atoms with E-state index in [0.29, 0.717) is 12.1 Å². The number of esters is 1. The van der Waals surface area contributed by atoms with Gasteiger partial charge in [-0.3, -0.25) is 4.79 Å². The number of benzene rings is 1. The fourth-order valence-electron chi connectivity index (χ4n) is 1.76. The van der Waals surface area contributed by atoms with Crippen molar-refractivity contribution in [3.05, 3.63) is 34.9 Å². The maximum atomic E-state index is 12.8. The Hall–Kier alpha value is -2.26. The molecule has 1 unspecified atom stereocenters. The highest BCUT2D eigenvalue weighted by molar-refractivity contribution is 6.32. The molecule has 0 bridgehead atoms. The van der Waals surface area contributed by atoms with Gasteiger partial charge in [0.15, 0.2) is 0 Å². The van der Waals surface area contributed by atoms with Gasteiger partial charge in [0.25, 0.3) is 0 Å². The number of hydrogen-bond acceptors (Lipinski definition) is 3. The zero-order valence-electron chi connectivity index (χ0n) is 12.5. The van der Waals surface area contributed by atoms with Crippen molar-refractivity contribution in [1.29, 1.82) is 0 Å². The summed E-state index contributed by atoms with van der Waals surface area (Å²) in [5.41, 5.74) is -3.47. The smallest absolute Gasteiger partial charge is 0.416 e. The fourth-order valence-corrected chi connectivity index (χ4v) is 1.76. The lowest BCUT2D eigenvalue weighted by atomic mass is 10.0. The van der Waals surface area contributed by atoms with Crippen LogP contribution in [-0.2, 0) is 26.7 Å². The van der Waals surface area contributed by atoms with Crippen molar-refractivity contribution in [2.45, 2.75) is 32.2 Å². The number of alkyl halides is 6. The van der Waals surface area contributed by atoms with E-state index in [-0.39, 0.29) is 12.7 Å². The molecule has 10 heteroatoms. The van der Waals surface area contributed by atoms with Crippen LogP contribution in [-0.4, -0.2) is 18.5 Å². The molecule has 0 radical (unpaired) electrons. The second-order valence-corrected chi connectivity index (χ2v) is 4.75. The normalized spacial score (nSPS) is 13.3. The second kappa shape index (κ2) is 7.10. The molecular formula is C14H13F6NO3. The Balaban J connectivity index is 3.18. The van der Waals surface area contributed by atoms with Crippen LogP contribution < -0.4 is 5.32 Å².